The molecule has 0 bridgehead atoms. The highest BCUT2D eigenvalue weighted by Gasteiger charge is 2.28. The summed E-state index contributed by atoms with van der Waals surface area (Å²) in [5.74, 6) is -1.27. The Hall–Kier alpha value is -2.32. The van der Waals surface area contributed by atoms with Crippen LogP contribution in [0.2, 0.25) is 0 Å². The molecule has 1 aromatic heterocycles. The third-order valence-corrected chi connectivity index (χ3v) is 3.94. The monoisotopic (exact) mass is 371 g/mol. The molecular formula is C16H19ClFN3O4. The molecule has 2 heterocycles. The first-order chi connectivity index (χ1) is 11.6. The van der Waals surface area contributed by atoms with Gasteiger partial charge in [0.1, 0.15) is 0 Å². The van der Waals surface area contributed by atoms with E-state index in [9.17, 15) is 14.3 Å². The van der Waals surface area contributed by atoms with E-state index in [1.165, 1.54) is 25.3 Å². The molecule has 9 heteroatoms. The van der Waals surface area contributed by atoms with Crippen LogP contribution in [0, 0.1) is 5.82 Å². The number of carbonyl (C=O) groups is 1. The average Bonchev–Trinajstić information content (AvgIpc) is 2.84. The number of carboxylic acids is 1. The number of carboxylic acid groups (broad SMARTS) is 1. The van der Waals surface area contributed by atoms with Crippen molar-refractivity contribution in [3.05, 3.63) is 29.6 Å². The molecule has 7 nitrogen and oxygen atoms in total. The van der Waals surface area contributed by atoms with Crippen molar-refractivity contribution >= 4 is 24.2 Å². The van der Waals surface area contributed by atoms with E-state index < -0.39 is 11.8 Å². The zero-order chi connectivity index (χ0) is 17.1. The Balaban J connectivity index is 0.00000225. The van der Waals surface area contributed by atoms with Crippen molar-refractivity contribution in [3.63, 3.8) is 0 Å². The Morgan fingerprint density at radius 1 is 1.40 bits per heavy atom. The summed E-state index contributed by atoms with van der Waals surface area (Å²) in [5.41, 5.74) is 0.378. The maximum absolute atomic E-state index is 13.6. The number of methoxy groups -OCH3 is 1. The van der Waals surface area contributed by atoms with Crippen molar-refractivity contribution < 1.29 is 23.6 Å². The lowest BCUT2D eigenvalue weighted by Crippen LogP contribution is -2.29. The molecular weight excluding hydrogens is 353 g/mol. The molecule has 0 unspecified atom stereocenters. The van der Waals surface area contributed by atoms with Crippen LogP contribution in [-0.4, -0.2) is 49.5 Å². The highest BCUT2D eigenvalue weighted by molar-refractivity contribution is 5.99. The Bertz CT molecular complexity index is 745. The molecule has 0 radical (unpaired) electrons. The van der Waals surface area contributed by atoms with Crippen molar-refractivity contribution in [2.75, 3.05) is 38.2 Å². The van der Waals surface area contributed by atoms with Crippen LogP contribution in [-0.2, 0) is 0 Å². The van der Waals surface area contributed by atoms with Gasteiger partial charge < -0.3 is 24.6 Å². The predicted octanol–water partition coefficient (Wildman–Crippen LogP) is 2.41. The minimum absolute atomic E-state index is 0. The van der Waals surface area contributed by atoms with Gasteiger partial charge in [-0.25, -0.2) is 9.18 Å². The quantitative estimate of drug-likeness (QED) is 0.853. The van der Waals surface area contributed by atoms with E-state index in [-0.39, 0.29) is 29.5 Å². The summed E-state index contributed by atoms with van der Waals surface area (Å²) in [6.45, 7) is 2.94. The maximum atomic E-state index is 13.6. The number of ether oxygens (including phenoxy) is 1. The molecule has 1 aliphatic heterocycles. The number of nitrogens with one attached hydrogen (secondary N) is 1. The van der Waals surface area contributed by atoms with Gasteiger partial charge in [-0.05, 0) is 31.2 Å². The smallest absolute Gasteiger partial charge is 0.343 e. The summed E-state index contributed by atoms with van der Waals surface area (Å²) < 4.78 is 23.8. The topological polar surface area (TPSA) is 87.8 Å². The third-order valence-electron chi connectivity index (χ3n) is 3.94. The van der Waals surface area contributed by atoms with Crippen LogP contribution in [0.25, 0.3) is 11.3 Å². The first-order valence-electron chi connectivity index (χ1n) is 7.64. The number of aromatic nitrogens is 1. The largest absolute Gasteiger partial charge is 0.494 e. The van der Waals surface area contributed by atoms with Crippen LogP contribution in [0.1, 0.15) is 16.8 Å². The van der Waals surface area contributed by atoms with Crippen LogP contribution in [0.5, 0.6) is 5.75 Å². The fourth-order valence-corrected chi connectivity index (χ4v) is 2.75. The number of hydrogen-bond donors (Lipinski definition) is 2. The lowest BCUT2D eigenvalue weighted by atomic mass is 10.1. The van der Waals surface area contributed by atoms with Gasteiger partial charge >= 0.3 is 5.97 Å². The number of anilines is 1. The maximum Gasteiger partial charge on any atom is 0.343 e. The van der Waals surface area contributed by atoms with E-state index in [1.807, 2.05) is 4.90 Å². The molecule has 1 aliphatic rings. The van der Waals surface area contributed by atoms with Crippen molar-refractivity contribution in [3.8, 4) is 17.1 Å². The van der Waals surface area contributed by atoms with Crippen LogP contribution in [0.4, 0.5) is 10.2 Å². The van der Waals surface area contributed by atoms with Gasteiger partial charge in [0, 0.05) is 25.2 Å². The molecule has 1 saturated heterocycles. The average molecular weight is 372 g/mol. The Labute approximate surface area is 150 Å². The number of hydrogen-bond acceptors (Lipinski definition) is 6. The molecule has 0 spiro atoms. The zero-order valence-corrected chi connectivity index (χ0v) is 14.4. The summed E-state index contributed by atoms with van der Waals surface area (Å²) in [5, 5.41) is 16.8. The van der Waals surface area contributed by atoms with E-state index in [0.717, 1.165) is 19.5 Å². The molecule has 0 amide bonds. The number of nitrogens with zero attached hydrogens (tertiary/aromatic N) is 2. The fraction of sp³-hybridized carbons (Fsp3) is 0.375. The van der Waals surface area contributed by atoms with Gasteiger partial charge in [-0.1, -0.05) is 5.16 Å². The van der Waals surface area contributed by atoms with E-state index in [2.05, 4.69) is 10.5 Å². The first kappa shape index (κ1) is 19.0. The second kappa shape index (κ2) is 8.17. The fourth-order valence-electron chi connectivity index (χ4n) is 2.75. The third kappa shape index (κ3) is 3.85. The van der Waals surface area contributed by atoms with Gasteiger partial charge in [-0.3, -0.25) is 0 Å². The molecule has 0 atom stereocenters. The standard InChI is InChI=1S/C16H18FN3O4.ClH/c1-23-12-9-10(3-4-11(12)17)14-13(16(21)22)15(19-24-14)20-7-2-5-18-6-8-20;/h3-4,9,18H,2,5-8H2,1H3,(H,21,22);1H. The minimum Gasteiger partial charge on any atom is -0.494 e. The molecule has 1 fully saturated rings. The number of rotatable bonds is 4. The van der Waals surface area contributed by atoms with E-state index >= 15 is 0 Å². The molecule has 1 aromatic carbocycles. The van der Waals surface area contributed by atoms with Gasteiger partial charge in [0.2, 0.25) is 0 Å². The van der Waals surface area contributed by atoms with Crippen molar-refractivity contribution in [2.24, 2.45) is 0 Å². The van der Waals surface area contributed by atoms with E-state index in [1.54, 1.807) is 0 Å². The zero-order valence-electron chi connectivity index (χ0n) is 13.6. The van der Waals surface area contributed by atoms with Gasteiger partial charge in [0.05, 0.1) is 7.11 Å². The normalized spacial score (nSPS) is 14.6. The summed E-state index contributed by atoms with van der Waals surface area (Å²) in [7, 11) is 1.34. The highest BCUT2D eigenvalue weighted by atomic mass is 35.5. The highest BCUT2D eigenvalue weighted by Crippen LogP contribution is 2.34. The van der Waals surface area contributed by atoms with Crippen LogP contribution < -0.4 is 15.0 Å². The van der Waals surface area contributed by atoms with Crippen LogP contribution >= 0.6 is 12.4 Å². The summed E-state index contributed by atoms with van der Waals surface area (Å²) in [6, 6.07) is 4.05. The van der Waals surface area contributed by atoms with Gasteiger partial charge in [0.25, 0.3) is 0 Å². The molecule has 2 N–H and O–H groups in total. The Morgan fingerprint density at radius 2 is 2.20 bits per heavy atom. The van der Waals surface area contributed by atoms with E-state index in [0.29, 0.717) is 24.5 Å². The minimum atomic E-state index is -1.14. The molecule has 136 valence electrons. The number of aromatic carboxylic acids is 1. The Morgan fingerprint density at radius 3 is 2.92 bits per heavy atom. The molecule has 25 heavy (non-hydrogen) atoms. The van der Waals surface area contributed by atoms with Gasteiger partial charge in [-0.15, -0.1) is 12.4 Å². The molecule has 2 aromatic rings. The number of benzene rings is 1. The first-order valence-corrected chi connectivity index (χ1v) is 7.64. The Kier molecular flexibility index (Phi) is 6.22. The van der Waals surface area contributed by atoms with Crippen LogP contribution in [0.15, 0.2) is 22.7 Å². The van der Waals surface area contributed by atoms with Gasteiger partial charge in [-0.2, -0.15) is 0 Å². The lowest BCUT2D eigenvalue weighted by molar-refractivity contribution is 0.0698. The summed E-state index contributed by atoms with van der Waals surface area (Å²) >= 11 is 0. The molecule has 0 saturated carbocycles. The summed E-state index contributed by atoms with van der Waals surface area (Å²) in [6.07, 6.45) is 0.881. The number of halogens is 2. The van der Waals surface area contributed by atoms with E-state index in [4.69, 9.17) is 9.26 Å². The second-order valence-electron chi connectivity index (χ2n) is 5.46. The van der Waals surface area contributed by atoms with Crippen molar-refractivity contribution in [2.45, 2.75) is 6.42 Å². The van der Waals surface area contributed by atoms with Gasteiger partial charge in [0.15, 0.2) is 28.7 Å². The van der Waals surface area contributed by atoms with Crippen molar-refractivity contribution in [1.82, 2.24) is 10.5 Å². The second-order valence-corrected chi connectivity index (χ2v) is 5.46. The summed E-state index contributed by atoms with van der Waals surface area (Å²) in [4.78, 5) is 13.7. The van der Waals surface area contributed by atoms with Crippen LogP contribution in [0.3, 0.4) is 0 Å². The lowest BCUT2D eigenvalue weighted by Gasteiger charge is -2.19. The molecule has 0 aliphatic carbocycles. The predicted molar refractivity (Wildman–Crippen MR) is 92.4 cm³/mol. The SMILES string of the molecule is COc1cc(-c2onc(N3CCCNCC3)c2C(=O)O)ccc1F.Cl. The van der Waals surface area contributed by atoms with Crippen molar-refractivity contribution in [1.29, 1.82) is 0 Å². The molecule has 3 rings (SSSR count).